The van der Waals surface area contributed by atoms with E-state index < -0.39 is 23.4 Å². The highest BCUT2D eigenvalue weighted by atomic mass is 35.5. The third-order valence-corrected chi connectivity index (χ3v) is 3.80. The van der Waals surface area contributed by atoms with Gasteiger partial charge in [0.15, 0.2) is 6.61 Å². The monoisotopic (exact) mass is 362 g/mol. The molecule has 1 amide bonds. The number of halogens is 1. The molecule has 0 bridgehead atoms. The molecule has 0 saturated carbocycles. The first-order valence-corrected chi connectivity index (χ1v) is 7.69. The van der Waals surface area contributed by atoms with Gasteiger partial charge in [-0.05, 0) is 24.6 Å². The molecule has 0 heterocycles. The average molecular weight is 363 g/mol. The second-order valence-corrected chi connectivity index (χ2v) is 5.59. The van der Waals surface area contributed by atoms with E-state index >= 15 is 0 Å². The maximum absolute atomic E-state index is 11.9. The van der Waals surface area contributed by atoms with Gasteiger partial charge in [0.2, 0.25) is 0 Å². The molecule has 0 aliphatic heterocycles. The number of nitrogens with one attached hydrogen (secondary N) is 1. The molecule has 2 rings (SSSR count). The lowest BCUT2D eigenvalue weighted by atomic mass is 10.1. The molecule has 0 aliphatic carbocycles. The van der Waals surface area contributed by atoms with E-state index in [1.54, 1.807) is 24.3 Å². The number of nitrogens with zero attached hydrogens (tertiary/aromatic N) is 1. The van der Waals surface area contributed by atoms with Gasteiger partial charge < -0.3 is 10.1 Å². The Bertz CT molecular complexity index is 822. The van der Waals surface area contributed by atoms with Gasteiger partial charge in [0.05, 0.1) is 22.6 Å². The van der Waals surface area contributed by atoms with E-state index in [1.165, 1.54) is 25.1 Å². The van der Waals surface area contributed by atoms with Gasteiger partial charge in [-0.2, -0.15) is 0 Å². The summed E-state index contributed by atoms with van der Waals surface area (Å²) in [5.74, 6) is -1.19. The molecule has 0 aliphatic rings. The molecule has 25 heavy (non-hydrogen) atoms. The van der Waals surface area contributed by atoms with Crippen molar-refractivity contribution in [1.29, 1.82) is 0 Å². The molecular weight excluding hydrogens is 348 g/mol. The molecule has 0 atom stereocenters. The Balaban J connectivity index is 1.91. The zero-order chi connectivity index (χ0) is 18.4. The van der Waals surface area contributed by atoms with Crippen LogP contribution in [0.25, 0.3) is 0 Å². The van der Waals surface area contributed by atoms with Gasteiger partial charge in [-0.25, -0.2) is 0 Å². The minimum atomic E-state index is -0.598. The third kappa shape index (κ3) is 5.02. The van der Waals surface area contributed by atoms with Gasteiger partial charge in [0, 0.05) is 11.1 Å². The summed E-state index contributed by atoms with van der Waals surface area (Å²) in [4.78, 5) is 34.0. The first-order valence-electron chi connectivity index (χ1n) is 7.31. The number of hydrogen-bond acceptors (Lipinski definition) is 5. The Morgan fingerprint density at radius 2 is 1.92 bits per heavy atom. The van der Waals surface area contributed by atoms with E-state index in [9.17, 15) is 19.7 Å². The van der Waals surface area contributed by atoms with Crippen LogP contribution < -0.4 is 5.32 Å². The normalized spacial score (nSPS) is 10.2. The van der Waals surface area contributed by atoms with Crippen LogP contribution in [0.4, 0.5) is 11.4 Å². The number of hydrogen-bond donors (Lipinski definition) is 1. The van der Waals surface area contributed by atoms with E-state index in [-0.39, 0.29) is 12.1 Å². The van der Waals surface area contributed by atoms with Crippen LogP contribution >= 0.6 is 11.6 Å². The van der Waals surface area contributed by atoms with Gasteiger partial charge in [-0.15, -0.1) is 0 Å². The summed E-state index contributed by atoms with van der Waals surface area (Å²) < 4.78 is 4.91. The van der Waals surface area contributed by atoms with Crippen molar-refractivity contribution in [3.05, 3.63) is 68.7 Å². The first-order chi connectivity index (χ1) is 11.9. The summed E-state index contributed by atoms with van der Waals surface area (Å²) in [5.41, 5.74) is 1.11. The minimum Gasteiger partial charge on any atom is -0.455 e. The van der Waals surface area contributed by atoms with Gasteiger partial charge in [-0.1, -0.05) is 35.9 Å². The molecule has 0 spiro atoms. The third-order valence-electron chi connectivity index (χ3n) is 3.43. The summed E-state index contributed by atoms with van der Waals surface area (Å²) >= 11 is 5.95. The van der Waals surface area contributed by atoms with Crippen molar-refractivity contribution in [1.82, 2.24) is 0 Å². The molecule has 0 aromatic heterocycles. The standard InChI is InChI=1S/C17H15ClN2O5/c1-11-14(7-4-8-15(11)20(23)24)19-16(21)10-25-17(22)9-12-5-2-3-6-13(12)18/h2-8H,9-10H2,1H3,(H,19,21). The molecule has 130 valence electrons. The first kappa shape index (κ1) is 18.4. The number of carbonyl (C=O) groups is 2. The van der Waals surface area contributed by atoms with Crippen LogP contribution in [0.2, 0.25) is 5.02 Å². The van der Waals surface area contributed by atoms with Gasteiger partial charge in [0.25, 0.3) is 11.6 Å². The summed E-state index contributed by atoms with van der Waals surface area (Å²) in [5, 5.41) is 13.8. The Hall–Kier alpha value is -2.93. The number of rotatable bonds is 6. The highest BCUT2D eigenvalue weighted by Gasteiger charge is 2.16. The zero-order valence-electron chi connectivity index (χ0n) is 13.3. The lowest BCUT2D eigenvalue weighted by molar-refractivity contribution is -0.385. The molecule has 2 aromatic rings. The Kier molecular flexibility index (Phi) is 6.08. The quantitative estimate of drug-likeness (QED) is 0.483. The van der Waals surface area contributed by atoms with Crippen molar-refractivity contribution >= 4 is 34.9 Å². The number of amides is 1. The fourth-order valence-corrected chi connectivity index (χ4v) is 2.34. The summed E-state index contributed by atoms with van der Waals surface area (Å²) in [7, 11) is 0. The van der Waals surface area contributed by atoms with Crippen LogP contribution in [-0.4, -0.2) is 23.4 Å². The van der Waals surface area contributed by atoms with Gasteiger partial charge in [0.1, 0.15) is 0 Å². The maximum Gasteiger partial charge on any atom is 0.310 e. The van der Waals surface area contributed by atoms with Crippen LogP contribution in [0.1, 0.15) is 11.1 Å². The van der Waals surface area contributed by atoms with E-state index in [0.717, 1.165) is 0 Å². The number of benzene rings is 2. The number of nitro groups is 1. The lowest BCUT2D eigenvalue weighted by Crippen LogP contribution is -2.22. The minimum absolute atomic E-state index is 0.0528. The summed E-state index contributed by atoms with van der Waals surface area (Å²) in [6, 6.07) is 11.2. The topological polar surface area (TPSA) is 98.5 Å². The fraction of sp³-hybridized carbons (Fsp3) is 0.176. The Morgan fingerprint density at radius 3 is 2.60 bits per heavy atom. The van der Waals surface area contributed by atoms with Gasteiger partial charge in [-0.3, -0.25) is 19.7 Å². The number of anilines is 1. The predicted octanol–water partition coefficient (Wildman–Crippen LogP) is 3.28. The molecule has 2 aromatic carbocycles. The smallest absolute Gasteiger partial charge is 0.310 e. The van der Waals surface area contributed by atoms with E-state index in [4.69, 9.17) is 16.3 Å². The molecule has 0 unspecified atom stereocenters. The second kappa shape index (κ2) is 8.25. The largest absolute Gasteiger partial charge is 0.455 e. The van der Waals surface area contributed by atoms with Crippen LogP contribution in [0.15, 0.2) is 42.5 Å². The highest BCUT2D eigenvalue weighted by Crippen LogP contribution is 2.24. The van der Waals surface area contributed by atoms with E-state index in [1.807, 2.05) is 0 Å². The van der Waals surface area contributed by atoms with Gasteiger partial charge >= 0.3 is 5.97 Å². The molecule has 0 fully saturated rings. The average Bonchev–Trinajstić information content (AvgIpc) is 2.57. The predicted molar refractivity (Wildman–Crippen MR) is 92.6 cm³/mol. The summed E-state index contributed by atoms with van der Waals surface area (Å²) in [6.07, 6.45) is -0.0528. The molecule has 1 N–H and O–H groups in total. The summed E-state index contributed by atoms with van der Waals surface area (Å²) in [6.45, 7) is 1.03. The number of nitro benzene ring substituents is 1. The van der Waals surface area contributed by atoms with Crippen LogP contribution in [0.5, 0.6) is 0 Å². The highest BCUT2D eigenvalue weighted by molar-refractivity contribution is 6.31. The van der Waals surface area contributed by atoms with Crippen molar-refractivity contribution in [3.63, 3.8) is 0 Å². The molecule has 8 heteroatoms. The Labute approximate surface area is 148 Å². The van der Waals surface area contributed by atoms with Crippen LogP contribution in [0, 0.1) is 17.0 Å². The maximum atomic E-state index is 11.9. The zero-order valence-corrected chi connectivity index (χ0v) is 14.1. The molecule has 7 nitrogen and oxygen atoms in total. The van der Waals surface area contributed by atoms with Crippen molar-refractivity contribution in [2.45, 2.75) is 13.3 Å². The van der Waals surface area contributed by atoms with Crippen molar-refractivity contribution in [3.8, 4) is 0 Å². The molecule has 0 saturated heterocycles. The Morgan fingerprint density at radius 1 is 1.20 bits per heavy atom. The van der Waals surface area contributed by atoms with Crippen LogP contribution in [-0.2, 0) is 20.7 Å². The number of carbonyl (C=O) groups excluding carboxylic acids is 2. The lowest BCUT2D eigenvalue weighted by Gasteiger charge is -2.09. The second-order valence-electron chi connectivity index (χ2n) is 5.18. The van der Waals surface area contributed by atoms with Crippen molar-refractivity contribution in [2.24, 2.45) is 0 Å². The fourth-order valence-electron chi connectivity index (χ4n) is 2.14. The number of ether oxygens (including phenoxy) is 1. The van der Waals surface area contributed by atoms with E-state index in [2.05, 4.69) is 5.32 Å². The van der Waals surface area contributed by atoms with E-state index in [0.29, 0.717) is 21.8 Å². The molecular formula is C17H15ClN2O5. The van der Waals surface area contributed by atoms with Crippen molar-refractivity contribution in [2.75, 3.05) is 11.9 Å². The van der Waals surface area contributed by atoms with Crippen LogP contribution in [0.3, 0.4) is 0 Å². The number of esters is 1. The van der Waals surface area contributed by atoms with Crippen molar-refractivity contribution < 1.29 is 19.2 Å². The SMILES string of the molecule is Cc1c(NC(=O)COC(=O)Cc2ccccc2Cl)cccc1[N+](=O)[O-]. The molecule has 0 radical (unpaired) electrons.